The van der Waals surface area contributed by atoms with Crippen LogP contribution in [0.25, 0.3) is 0 Å². The highest BCUT2D eigenvalue weighted by Gasteiger charge is 2.25. The van der Waals surface area contributed by atoms with Gasteiger partial charge in [-0.2, -0.15) is 0 Å². The molecule has 0 saturated heterocycles. The first-order valence-corrected chi connectivity index (χ1v) is 7.58. The summed E-state index contributed by atoms with van der Waals surface area (Å²) in [7, 11) is 1.96. The molecule has 100 valence electrons. The Morgan fingerprint density at radius 3 is 3.11 bits per heavy atom. The number of hydrogen-bond donors (Lipinski definition) is 1. The van der Waals surface area contributed by atoms with Gasteiger partial charge in [0.05, 0.1) is 12.2 Å². The van der Waals surface area contributed by atoms with Gasteiger partial charge in [-0.05, 0) is 32.0 Å². The predicted octanol–water partition coefficient (Wildman–Crippen LogP) is 2.81. The van der Waals surface area contributed by atoms with E-state index in [2.05, 4.69) is 51.8 Å². The number of aromatic nitrogens is 1. The number of benzene rings is 1. The summed E-state index contributed by atoms with van der Waals surface area (Å²) >= 11 is 1.74. The van der Waals surface area contributed by atoms with Crippen LogP contribution in [-0.4, -0.2) is 18.1 Å². The Kier molecular flexibility index (Phi) is 3.53. The van der Waals surface area contributed by atoms with Crippen LogP contribution in [0.4, 0.5) is 5.69 Å². The van der Waals surface area contributed by atoms with E-state index in [1.54, 1.807) is 11.3 Å². The molecule has 4 heteroatoms. The molecule has 0 aliphatic carbocycles. The summed E-state index contributed by atoms with van der Waals surface area (Å²) in [5, 5.41) is 6.50. The van der Waals surface area contributed by atoms with Crippen molar-refractivity contribution in [3.63, 3.8) is 0 Å². The number of anilines is 1. The summed E-state index contributed by atoms with van der Waals surface area (Å²) in [6.07, 6.45) is 1.14. The van der Waals surface area contributed by atoms with Gasteiger partial charge in [-0.15, -0.1) is 11.3 Å². The Labute approximate surface area is 118 Å². The lowest BCUT2D eigenvalue weighted by Gasteiger charge is -2.23. The molecule has 0 bridgehead atoms. The summed E-state index contributed by atoms with van der Waals surface area (Å²) in [5.74, 6) is 0. The van der Waals surface area contributed by atoms with Crippen molar-refractivity contribution in [3.05, 3.63) is 45.9 Å². The Bertz CT molecular complexity index is 564. The molecule has 1 aliphatic rings. The number of nitrogens with one attached hydrogen (secondary N) is 1. The molecule has 0 spiro atoms. The number of rotatable bonds is 4. The average Bonchev–Trinajstić information content (AvgIpc) is 2.96. The molecule has 1 unspecified atom stereocenters. The van der Waals surface area contributed by atoms with Gasteiger partial charge in [0.15, 0.2) is 0 Å². The standard InChI is InChI=1S/C15H19N3S/c1-11-7-12-5-3-4-6-14(12)18(11)9-13-10-19-15(17-13)8-16-2/h3-6,10-11,16H,7-9H2,1-2H3. The van der Waals surface area contributed by atoms with E-state index in [0.29, 0.717) is 6.04 Å². The highest BCUT2D eigenvalue weighted by molar-refractivity contribution is 7.09. The lowest BCUT2D eigenvalue weighted by atomic mass is 10.1. The highest BCUT2D eigenvalue weighted by atomic mass is 32.1. The number of hydrogen-bond acceptors (Lipinski definition) is 4. The number of para-hydroxylation sites is 1. The zero-order valence-electron chi connectivity index (χ0n) is 11.4. The normalized spacial score (nSPS) is 17.8. The van der Waals surface area contributed by atoms with Crippen molar-refractivity contribution in [2.75, 3.05) is 11.9 Å². The molecule has 2 heterocycles. The van der Waals surface area contributed by atoms with E-state index in [9.17, 15) is 0 Å². The van der Waals surface area contributed by atoms with Crippen LogP contribution in [0.2, 0.25) is 0 Å². The largest absolute Gasteiger partial charge is 0.362 e. The first-order chi connectivity index (χ1) is 9.28. The quantitative estimate of drug-likeness (QED) is 0.928. The van der Waals surface area contributed by atoms with Crippen LogP contribution >= 0.6 is 11.3 Å². The van der Waals surface area contributed by atoms with Crippen molar-refractivity contribution in [3.8, 4) is 0 Å². The van der Waals surface area contributed by atoms with Gasteiger partial charge < -0.3 is 10.2 Å². The Hall–Kier alpha value is -1.39. The van der Waals surface area contributed by atoms with Gasteiger partial charge in [-0.3, -0.25) is 0 Å². The maximum Gasteiger partial charge on any atom is 0.107 e. The molecule has 1 aromatic heterocycles. The van der Waals surface area contributed by atoms with Crippen molar-refractivity contribution in [2.45, 2.75) is 32.5 Å². The van der Waals surface area contributed by atoms with Crippen LogP contribution in [0, 0.1) is 0 Å². The summed E-state index contributed by atoms with van der Waals surface area (Å²) in [6, 6.07) is 9.27. The molecule has 3 rings (SSSR count). The van der Waals surface area contributed by atoms with Gasteiger partial charge in [0, 0.05) is 23.7 Å². The van der Waals surface area contributed by atoms with Crippen LogP contribution in [0.1, 0.15) is 23.2 Å². The summed E-state index contributed by atoms with van der Waals surface area (Å²) in [5.41, 5.74) is 4.01. The smallest absolute Gasteiger partial charge is 0.107 e. The van der Waals surface area contributed by atoms with Crippen LogP contribution in [0.3, 0.4) is 0 Å². The zero-order chi connectivity index (χ0) is 13.2. The molecule has 1 aliphatic heterocycles. The summed E-state index contributed by atoms with van der Waals surface area (Å²) in [6.45, 7) is 4.07. The fourth-order valence-electron chi connectivity index (χ4n) is 2.70. The zero-order valence-corrected chi connectivity index (χ0v) is 12.2. The molecule has 1 atom stereocenters. The van der Waals surface area contributed by atoms with E-state index < -0.39 is 0 Å². The van der Waals surface area contributed by atoms with Gasteiger partial charge in [0.25, 0.3) is 0 Å². The minimum absolute atomic E-state index is 0.562. The van der Waals surface area contributed by atoms with E-state index >= 15 is 0 Å². The molecule has 0 radical (unpaired) electrons. The Morgan fingerprint density at radius 1 is 1.42 bits per heavy atom. The maximum absolute atomic E-state index is 4.69. The molecule has 3 nitrogen and oxygen atoms in total. The molecule has 0 amide bonds. The molecular weight excluding hydrogens is 254 g/mol. The monoisotopic (exact) mass is 273 g/mol. The number of nitrogens with zero attached hydrogens (tertiary/aromatic N) is 2. The number of fused-ring (bicyclic) bond motifs is 1. The van der Waals surface area contributed by atoms with Crippen LogP contribution in [-0.2, 0) is 19.5 Å². The minimum Gasteiger partial charge on any atom is -0.362 e. The SMILES string of the molecule is CNCc1nc(CN2c3ccccc3CC2C)cs1. The lowest BCUT2D eigenvalue weighted by molar-refractivity contribution is 0.664. The Balaban J connectivity index is 1.79. The average molecular weight is 273 g/mol. The molecule has 0 fully saturated rings. The molecule has 0 saturated carbocycles. The first-order valence-electron chi connectivity index (χ1n) is 6.70. The second-order valence-corrected chi connectivity index (χ2v) is 6.02. The highest BCUT2D eigenvalue weighted by Crippen LogP contribution is 2.33. The molecule has 19 heavy (non-hydrogen) atoms. The van der Waals surface area contributed by atoms with Crippen molar-refractivity contribution in [1.82, 2.24) is 10.3 Å². The fourth-order valence-corrected chi connectivity index (χ4v) is 3.50. The lowest BCUT2D eigenvalue weighted by Crippen LogP contribution is -2.28. The van der Waals surface area contributed by atoms with Gasteiger partial charge >= 0.3 is 0 Å². The van der Waals surface area contributed by atoms with Gasteiger partial charge in [0.1, 0.15) is 5.01 Å². The van der Waals surface area contributed by atoms with Crippen LogP contribution < -0.4 is 10.2 Å². The number of thiazole rings is 1. The second kappa shape index (κ2) is 5.31. The van der Waals surface area contributed by atoms with E-state index in [0.717, 1.165) is 24.5 Å². The summed E-state index contributed by atoms with van der Waals surface area (Å²) in [4.78, 5) is 7.15. The van der Waals surface area contributed by atoms with Crippen LogP contribution in [0.15, 0.2) is 29.6 Å². The van der Waals surface area contributed by atoms with Crippen molar-refractivity contribution < 1.29 is 0 Å². The van der Waals surface area contributed by atoms with E-state index in [4.69, 9.17) is 0 Å². The van der Waals surface area contributed by atoms with Gasteiger partial charge in [-0.25, -0.2) is 4.98 Å². The maximum atomic E-state index is 4.69. The molecule has 1 aromatic carbocycles. The Morgan fingerprint density at radius 2 is 2.26 bits per heavy atom. The van der Waals surface area contributed by atoms with E-state index in [1.165, 1.54) is 16.9 Å². The van der Waals surface area contributed by atoms with E-state index in [-0.39, 0.29) is 0 Å². The first kappa shape index (κ1) is 12.6. The molecule has 2 aromatic rings. The third kappa shape index (κ3) is 2.51. The fraction of sp³-hybridized carbons (Fsp3) is 0.400. The minimum atomic E-state index is 0.562. The van der Waals surface area contributed by atoms with Crippen LogP contribution in [0.5, 0.6) is 0 Å². The summed E-state index contributed by atoms with van der Waals surface area (Å²) < 4.78 is 0. The van der Waals surface area contributed by atoms with Crippen molar-refractivity contribution in [1.29, 1.82) is 0 Å². The molecule has 1 N–H and O–H groups in total. The molecular formula is C15H19N3S. The predicted molar refractivity (Wildman–Crippen MR) is 80.7 cm³/mol. The topological polar surface area (TPSA) is 28.2 Å². The third-order valence-electron chi connectivity index (χ3n) is 3.61. The third-order valence-corrected chi connectivity index (χ3v) is 4.51. The van der Waals surface area contributed by atoms with E-state index in [1.807, 2.05) is 7.05 Å². The second-order valence-electron chi connectivity index (χ2n) is 5.07. The van der Waals surface area contributed by atoms with Gasteiger partial charge in [-0.1, -0.05) is 18.2 Å². The van der Waals surface area contributed by atoms with Crippen molar-refractivity contribution in [2.24, 2.45) is 0 Å². The van der Waals surface area contributed by atoms with Gasteiger partial charge in [0.2, 0.25) is 0 Å². The van der Waals surface area contributed by atoms with Crippen molar-refractivity contribution >= 4 is 17.0 Å².